The Balaban J connectivity index is 2.14. The predicted octanol–water partition coefficient (Wildman–Crippen LogP) is 2.90. The molecule has 0 aliphatic heterocycles. The van der Waals surface area contributed by atoms with Gasteiger partial charge in [-0.15, -0.1) is 0 Å². The van der Waals surface area contributed by atoms with E-state index in [-0.39, 0.29) is 16.7 Å². The van der Waals surface area contributed by atoms with Crippen LogP contribution in [0.25, 0.3) is 0 Å². The summed E-state index contributed by atoms with van der Waals surface area (Å²) < 4.78 is 29.7. The summed E-state index contributed by atoms with van der Waals surface area (Å²) in [6.45, 7) is 4.07. The van der Waals surface area contributed by atoms with Crippen molar-refractivity contribution in [1.82, 2.24) is 5.32 Å². The van der Waals surface area contributed by atoms with Crippen LogP contribution in [0, 0.1) is 6.92 Å². The van der Waals surface area contributed by atoms with Crippen LogP contribution < -0.4 is 14.8 Å². The first-order valence-electron chi connectivity index (χ1n) is 7.07. The Kier molecular flexibility index (Phi) is 5.23. The minimum absolute atomic E-state index is 0.0159. The molecule has 23 heavy (non-hydrogen) atoms. The lowest BCUT2D eigenvalue weighted by Gasteiger charge is -2.10. The summed E-state index contributed by atoms with van der Waals surface area (Å²) in [4.78, 5) is 11.4. The number of rotatable bonds is 5. The smallest absolute Gasteiger partial charge is 0.339 e. The first-order chi connectivity index (χ1) is 10.9. The minimum atomic E-state index is -3.92. The molecule has 0 bridgehead atoms. The van der Waals surface area contributed by atoms with Crippen molar-refractivity contribution in [3.05, 3.63) is 54.1 Å². The van der Waals surface area contributed by atoms with Gasteiger partial charge in [0.2, 0.25) is 0 Å². The third-order valence-electron chi connectivity index (χ3n) is 3.03. The van der Waals surface area contributed by atoms with Gasteiger partial charge in [0.05, 0.1) is 0 Å². The lowest BCUT2D eigenvalue weighted by atomic mass is 10.2. The number of hydrogen-bond acceptors (Lipinski definition) is 4. The fourth-order valence-electron chi connectivity index (χ4n) is 1.86. The van der Waals surface area contributed by atoms with E-state index in [1.165, 1.54) is 24.3 Å². The van der Waals surface area contributed by atoms with E-state index < -0.39 is 10.1 Å². The molecule has 7 heteroatoms. The number of nitrogens with one attached hydrogen (secondary N) is 2. The van der Waals surface area contributed by atoms with Crippen LogP contribution in [0.5, 0.6) is 5.75 Å². The highest BCUT2D eigenvalue weighted by Gasteiger charge is 2.17. The second-order valence-corrected chi connectivity index (χ2v) is 6.36. The Morgan fingerprint density at radius 1 is 1.09 bits per heavy atom. The number of hydrogen-bond donors (Lipinski definition) is 2. The third kappa shape index (κ3) is 4.46. The maximum Gasteiger partial charge on any atom is 0.339 e. The summed E-state index contributed by atoms with van der Waals surface area (Å²) in [5.74, 6) is 0.289. The van der Waals surface area contributed by atoms with Crippen molar-refractivity contribution in [3.8, 4) is 5.75 Å². The van der Waals surface area contributed by atoms with E-state index in [1.54, 1.807) is 38.1 Å². The average Bonchev–Trinajstić information content (AvgIpc) is 2.50. The Hall–Kier alpha value is -2.54. The zero-order chi connectivity index (χ0) is 16.9. The normalized spacial score (nSPS) is 10.9. The molecular formula is C16H18N2O4S. The van der Waals surface area contributed by atoms with Crippen molar-refractivity contribution in [3.63, 3.8) is 0 Å². The number of anilines is 1. The number of benzene rings is 2. The van der Waals surface area contributed by atoms with E-state index in [2.05, 4.69) is 10.6 Å². The molecule has 2 rings (SSSR count). The topological polar surface area (TPSA) is 84.5 Å². The van der Waals surface area contributed by atoms with Crippen molar-refractivity contribution >= 4 is 21.8 Å². The molecule has 122 valence electrons. The molecule has 0 aliphatic rings. The molecule has 0 aliphatic carbocycles. The average molecular weight is 334 g/mol. The van der Waals surface area contributed by atoms with E-state index in [4.69, 9.17) is 4.18 Å². The van der Waals surface area contributed by atoms with Gasteiger partial charge in [-0.25, -0.2) is 4.79 Å². The molecule has 0 unspecified atom stereocenters. The molecule has 2 N–H and O–H groups in total. The summed E-state index contributed by atoms with van der Waals surface area (Å²) in [5, 5.41) is 5.18. The molecule has 0 fully saturated rings. The summed E-state index contributed by atoms with van der Waals surface area (Å²) in [5.41, 5.74) is 1.22. The van der Waals surface area contributed by atoms with Crippen molar-refractivity contribution in [2.75, 3.05) is 11.9 Å². The fourth-order valence-corrected chi connectivity index (χ4v) is 2.85. The molecule has 0 atom stereocenters. The monoisotopic (exact) mass is 334 g/mol. The molecule has 2 aromatic carbocycles. The van der Waals surface area contributed by atoms with Crippen molar-refractivity contribution < 1.29 is 17.4 Å². The lowest BCUT2D eigenvalue weighted by molar-refractivity contribution is 0.252. The van der Waals surface area contributed by atoms with Gasteiger partial charge < -0.3 is 14.8 Å². The van der Waals surface area contributed by atoms with Crippen molar-refractivity contribution in [2.24, 2.45) is 0 Å². The largest absolute Gasteiger partial charge is 0.379 e. The van der Waals surface area contributed by atoms with Gasteiger partial charge in [0, 0.05) is 12.2 Å². The quantitative estimate of drug-likeness (QED) is 0.824. The third-order valence-corrected chi connectivity index (χ3v) is 4.28. The van der Waals surface area contributed by atoms with Crippen molar-refractivity contribution in [1.29, 1.82) is 0 Å². The molecule has 2 amide bonds. The van der Waals surface area contributed by atoms with Gasteiger partial charge in [0.15, 0.2) is 0 Å². The van der Waals surface area contributed by atoms with Crippen molar-refractivity contribution in [2.45, 2.75) is 18.7 Å². The van der Waals surface area contributed by atoms with Crippen LogP contribution in [0.3, 0.4) is 0 Å². The number of urea groups is 1. The van der Waals surface area contributed by atoms with Crippen LogP contribution in [0.4, 0.5) is 10.5 Å². The highest BCUT2D eigenvalue weighted by molar-refractivity contribution is 7.87. The molecule has 0 spiro atoms. The molecule has 0 saturated carbocycles. The second kappa shape index (κ2) is 7.15. The highest BCUT2D eigenvalue weighted by atomic mass is 32.2. The number of carbonyl (C=O) groups is 1. The highest BCUT2D eigenvalue weighted by Crippen LogP contribution is 2.23. The van der Waals surface area contributed by atoms with Gasteiger partial charge in [-0.05, 0) is 49.7 Å². The van der Waals surface area contributed by atoms with Crippen LogP contribution in [-0.4, -0.2) is 21.0 Å². The number of amides is 2. The van der Waals surface area contributed by atoms with E-state index in [1.807, 2.05) is 0 Å². The summed E-state index contributed by atoms with van der Waals surface area (Å²) in [7, 11) is -3.92. The zero-order valence-corrected chi connectivity index (χ0v) is 13.7. The molecule has 6 nitrogen and oxygen atoms in total. The summed E-state index contributed by atoms with van der Waals surface area (Å²) in [6.07, 6.45) is 0. The number of aryl methyl sites for hydroxylation is 1. The van der Waals surface area contributed by atoms with Crippen LogP contribution in [0.2, 0.25) is 0 Å². The van der Waals surface area contributed by atoms with Crippen LogP contribution in [0.15, 0.2) is 53.4 Å². The Bertz CT molecular complexity index is 786. The molecule has 0 heterocycles. The van der Waals surface area contributed by atoms with Gasteiger partial charge in [0.25, 0.3) is 0 Å². The summed E-state index contributed by atoms with van der Waals surface area (Å²) >= 11 is 0. The predicted molar refractivity (Wildman–Crippen MR) is 88.1 cm³/mol. The number of carbonyl (C=O) groups excluding carboxylic acids is 1. The van der Waals surface area contributed by atoms with Gasteiger partial charge in [-0.3, -0.25) is 0 Å². The number of para-hydroxylation sites is 1. The lowest BCUT2D eigenvalue weighted by Crippen LogP contribution is -2.28. The van der Waals surface area contributed by atoms with E-state index in [9.17, 15) is 13.2 Å². The van der Waals surface area contributed by atoms with E-state index in [0.29, 0.717) is 12.2 Å². The Labute approximate surface area is 135 Å². The zero-order valence-electron chi connectivity index (χ0n) is 12.9. The summed E-state index contributed by atoms with van der Waals surface area (Å²) in [6, 6.07) is 12.3. The second-order valence-electron chi connectivity index (χ2n) is 4.81. The minimum Gasteiger partial charge on any atom is -0.379 e. The van der Waals surface area contributed by atoms with Crippen LogP contribution >= 0.6 is 0 Å². The Morgan fingerprint density at radius 2 is 1.74 bits per heavy atom. The van der Waals surface area contributed by atoms with E-state index >= 15 is 0 Å². The molecule has 0 aromatic heterocycles. The first kappa shape index (κ1) is 16.8. The SMILES string of the molecule is CCNC(=O)Nc1ccc(S(=O)(=O)Oc2ccccc2C)cc1. The Morgan fingerprint density at radius 3 is 2.35 bits per heavy atom. The van der Waals surface area contributed by atoms with E-state index in [0.717, 1.165) is 5.56 Å². The fraction of sp³-hybridized carbons (Fsp3) is 0.188. The first-order valence-corrected chi connectivity index (χ1v) is 8.48. The van der Waals surface area contributed by atoms with Crippen LogP contribution in [0.1, 0.15) is 12.5 Å². The van der Waals surface area contributed by atoms with Gasteiger partial charge >= 0.3 is 16.1 Å². The van der Waals surface area contributed by atoms with Gasteiger partial charge in [-0.1, -0.05) is 18.2 Å². The molecule has 0 saturated heterocycles. The molecule has 0 radical (unpaired) electrons. The van der Waals surface area contributed by atoms with Gasteiger partial charge in [-0.2, -0.15) is 8.42 Å². The standard InChI is InChI=1S/C16H18N2O4S/c1-3-17-16(19)18-13-8-10-14(11-9-13)23(20,21)22-15-7-5-4-6-12(15)2/h4-11H,3H2,1-2H3,(H2,17,18,19). The maximum atomic E-state index is 12.3. The maximum absolute atomic E-state index is 12.3. The molecular weight excluding hydrogens is 316 g/mol. The van der Waals surface area contributed by atoms with Gasteiger partial charge in [0.1, 0.15) is 10.6 Å². The molecule has 2 aromatic rings. The van der Waals surface area contributed by atoms with Crippen LogP contribution in [-0.2, 0) is 10.1 Å².